The number of fused-ring (bicyclic) bond motifs is 1. The van der Waals surface area contributed by atoms with Gasteiger partial charge in [0.05, 0.1) is 26.4 Å². The fourth-order valence-corrected chi connectivity index (χ4v) is 5.44. The number of carbonyl (C=O) groups is 1. The van der Waals surface area contributed by atoms with Crippen molar-refractivity contribution in [2.45, 2.75) is 44.6 Å². The van der Waals surface area contributed by atoms with E-state index in [0.717, 1.165) is 12.8 Å². The standard InChI is InChI=1S/C26H32N8O3Si/c1-27-23-13-21(32-24-17(15-29-34(23)24)25(35)31-18-9-10-20(18)37-2)30-19-7-6-12-33(26(19)36)22-11-8-16(14-28-22)38(3,4)5/h6-8,11-15,18,20,27H,9-10H2,1-5H3,(H,30,32)(H,31,35)/t18-,20-/m1/s1. The molecule has 3 N–H and O–H groups in total. The van der Waals surface area contributed by atoms with E-state index in [9.17, 15) is 9.59 Å². The maximum atomic E-state index is 13.4. The van der Waals surface area contributed by atoms with Gasteiger partial charge in [0, 0.05) is 32.6 Å². The van der Waals surface area contributed by atoms with Crippen LogP contribution >= 0.6 is 0 Å². The van der Waals surface area contributed by atoms with Crippen LogP contribution in [0.1, 0.15) is 23.2 Å². The molecule has 4 aromatic heterocycles. The Morgan fingerprint density at radius 2 is 1.97 bits per heavy atom. The van der Waals surface area contributed by atoms with Crippen LogP contribution in [0.25, 0.3) is 11.5 Å². The predicted molar refractivity (Wildman–Crippen MR) is 150 cm³/mol. The summed E-state index contributed by atoms with van der Waals surface area (Å²) in [5.41, 5.74) is 0.759. The summed E-state index contributed by atoms with van der Waals surface area (Å²) in [6, 6.07) is 9.06. The molecule has 4 heterocycles. The van der Waals surface area contributed by atoms with Crippen LogP contribution in [-0.4, -0.2) is 64.4 Å². The summed E-state index contributed by atoms with van der Waals surface area (Å²) in [5, 5.41) is 14.8. The quantitative estimate of drug-likeness (QED) is 0.296. The number of aromatic nitrogens is 5. The molecule has 11 nitrogen and oxygen atoms in total. The molecule has 5 rings (SSSR count). The summed E-state index contributed by atoms with van der Waals surface area (Å²) in [5.74, 6) is 1.27. The van der Waals surface area contributed by atoms with E-state index in [0.29, 0.717) is 34.4 Å². The number of anilines is 3. The van der Waals surface area contributed by atoms with Crippen molar-refractivity contribution >= 4 is 42.1 Å². The van der Waals surface area contributed by atoms with Gasteiger partial charge in [-0.1, -0.05) is 25.7 Å². The molecule has 1 amide bonds. The van der Waals surface area contributed by atoms with Crippen LogP contribution in [0, 0.1) is 0 Å². The van der Waals surface area contributed by atoms with Gasteiger partial charge in [0.25, 0.3) is 11.5 Å². The van der Waals surface area contributed by atoms with Crippen molar-refractivity contribution < 1.29 is 9.53 Å². The molecule has 38 heavy (non-hydrogen) atoms. The molecule has 0 bridgehead atoms. The summed E-state index contributed by atoms with van der Waals surface area (Å²) < 4.78 is 8.45. The number of pyridine rings is 2. The lowest BCUT2D eigenvalue weighted by Crippen LogP contribution is -2.51. The summed E-state index contributed by atoms with van der Waals surface area (Å²) in [6.45, 7) is 6.76. The maximum Gasteiger partial charge on any atom is 0.279 e. The Labute approximate surface area is 221 Å². The number of hydrogen-bond acceptors (Lipinski definition) is 8. The molecule has 2 atom stereocenters. The third kappa shape index (κ3) is 4.79. The molecule has 12 heteroatoms. The number of nitrogens with zero attached hydrogens (tertiary/aromatic N) is 5. The average molecular weight is 533 g/mol. The summed E-state index contributed by atoms with van der Waals surface area (Å²) in [7, 11) is 1.90. The number of rotatable bonds is 8. The molecule has 0 aromatic carbocycles. The van der Waals surface area contributed by atoms with Crippen molar-refractivity contribution in [3.8, 4) is 5.82 Å². The molecule has 1 fully saturated rings. The van der Waals surface area contributed by atoms with E-state index < -0.39 is 8.07 Å². The fraction of sp³-hybridized carbons (Fsp3) is 0.346. The van der Waals surface area contributed by atoms with Gasteiger partial charge < -0.3 is 20.7 Å². The van der Waals surface area contributed by atoms with Crippen LogP contribution in [-0.2, 0) is 4.74 Å². The molecule has 0 aliphatic heterocycles. The number of methoxy groups -OCH3 is 1. The van der Waals surface area contributed by atoms with E-state index in [1.165, 1.54) is 16.0 Å². The maximum absolute atomic E-state index is 13.4. The van der Waals surface area contributed by atoms with Gasteiger partial charge in [0.2, 0.25) is 0 Å². The minimum Gasteiger partial charge on any atom is -0.379 e. The second kappa shape index (κ2) is 10.0. The minimum atomic E-state index is -1.50. The molecule has 198 valence electrons. The van der Waals surface area contributed by atoms with E-state index in [1.807, 2.05) is 18.3 Å². The van der Waals surface area contributed by atoms with Crippen molar-refractivity contribution in [3.05, 3.63) is 64.8 Å². The lowest BCUT2D eigenvalue weighted by atomic mass is 9.89. The van der Waals surface area contributed by atoms with Crippen LogP contribution in [0.2, 0.25) is 19.6 Å². The lowest BCUT2D eigenvalue weighted by Gasteiger charge is -2.35. The number of amides is 1. The summed E-state index contributed by atoms with van der Waals surface area (Å²) in [6.07, 6.45) is 6.83. The van der Waals surface area contributed by atoms with Crippen LogP contribution < -0.4 is 26.7 Å². The molecule has 1 aliphatic rings. The van der Waals surface area contributed by atoms with Crippen LogP contribution in [0.3, 0.4) is 0 Å². The highest BCUT2D eigenvalue weighted by atomic mass is 28.3. The van der Waals surface area contributed by atoms with E-state index in [2.05, 4.69) is 50.7 Å². The Balaban J connectivity index is 1.45. The second-order valence-corrected chi connectivity index (χ2v) is 15.5. The minimum absolute atomic E-state index is 0.0142. The number of ether oxygens (including phenoxy) is 1. The van der Waals surface area contributed by atoms with Gasteiger partial charge in [0.1, 0.15) is 28.7 Å². The normalized spacial score (nSPS) is 17.2. The first-order valence-corrected chi connectivity index (χ1v) is 16.1. The fourth-order valence-electron chi connectivity index (χ4n) is 4.41. The largest absolute Gasteiger partial charge is 0.379 e. The van der Waals surface area contributed by atoms with Gasteiger partial charge in [-0.2, -0.15) is 9.61 Å². The SMILES string of the molecule is CNc1cc(Nc2cccn(-c3ccc([Si](C)(C)C)cn3)c2=O)nc2c(C(=O)N[C@@H]3CC[C@H]3OC)cnn12. The van der Waals surface area contributed by atoms with Crippen molar-refractivity contribution in [1.82, 2.24) is 29.5 Å². The summed E-state index contributed by atoms with van der Waals surface area (Å²) >= 11 is 0. The van der Waals surface area contributed by atoms with Crippen molar-refractivity contribution in [3.63, 3.8) is 0 Å². The molecule has 0 saturated heterocycles. The van der Waals surface area contributed by atoms with Gasteiger partial charge in [-0.05, 0) is 36.2 Å². The zero-order chi connectivity index (χ0) is 27.0. The first-order chi connectivity index (χ1) is 18.2. The topological polar surface area (TPSA) is 127 Å². The highest BCUT2D eigenvalue weighted by Crippen LogP contribution is 2.25. The Morgan fingerprint density at radius 1 is 1.16 bits per heavy atom. The molecule has 1 saturated carbocycles. The Hall–Kier alpha value is -4.03. The first kappa shape index (κ1) is 25.6. The van der Waals surface area contributed by atoms with Crippen molar-refractivity contribution in [2.24, 2.45) is 0 Å². The number of nitrogens with one attached hydrogen (secondary N) is 3. The average Bonchev–Trinajstić information content (AvgIpc) is 3.31. The van der Waals surface area contributed by atoms with E-state index in [1.54, 1.807) is 43.1 Å². The van der Waals surface area contributed by atoms with Gasteiger partial charge in [-0.15, -0.1) is 0 Å². The zero-order valence-electron chi connectivity index (χ0n) is 22.1. The molecule has 0 spiro atoms. The van der Waals surface area contributed by atoms with Gasteiger partial charge in [-0.3, -0.25) is 14.2 Å². The van der Waals surface area contributed by atoms with Gasteiger partial charge in [0.15, 0.2) is 5.65 Å². The van der Waals surface area contributed by atoms with E-state index in [-0.39, 0.29) is 23.6 Å². The lowest BCUT2D eigenvalue weighted by molar-refractivity contribution is 0.00732. The Bertz CT molecular complexity index is 1540. The zero-order valence-corrected chi connectivity index (χ0v) is 23.1. The van der Waals surface area contributed by atoms with Gasteiger partial charge in [-0.25, -0.2) is 9.97 Å². The van der Waals surface area contributed by atoms with Crippen molar-refractivity contribution in [1.29, 1.82) is 0 Å². The predicted octanol–water partition coefficient (Wildman–Crippen LogP) is 2.51. The first-order valence-electron chi connectivity index (χ1n) is 12.6. The Morgan fingerprint density at radius 3 is 2.61 bits per heavy atom. The number of carbonyl (C=O) groups excluding carboxylic acids is 1. The third-order valence-electron chi connectivity index (χ3n) is 6.87. The second-order valence-electron chi connectivity index (χ2n) is 10.4. The molecule has 0 radical (unpaired) electrons. The molecular weight excluding hydrogens is 500 g/mol. The van der Waals surface area contributed by atoms with Crippen LogP contribution in [0.15, 0.2) is 53.7 Å². The molecule has 4 aromatic rings. The van der Waals surface area contributed by atoms with Crippen LogP contribution in [0.5, 0.6) is 0 Å². The number of hydrogen-bond donors (Lipinski definition) is 3. The highest BCUT2D eigenvalue weighted by molar-refractivity contribution is 6.88. The molecule has 0 unspecified atom stereocenters. The van der Waals surface area contributed by atoms with Gasteiger partial charge >= 0.3 is 0 Å². The smallest absolute Gasteiger partial charge is 0.279 e. The van der Waals surface area contributed by atoms with Crippen LogP contribution in [0.4, 0.5) is 17.3 Å². The van der Waals surface area contributed by atoms with E-state index in [4.69, 9.17) is 4.74 Å². The van der Waals surface area contributed by atoms with Crippen molar-refractivity contribution in [2.75, 3.05) is 24.8 Å². The monoisotopic (exact) mass is 532 g/mol. The summed E-state index contributed by atoms with van der Waals surface area (Å²) in [4.78, 5) is 35.6. The highest BCUT2D eigenvalue weighted by Gasteiger charge is 2.33. The molecular formula is C26H32N8O3Si. The molecule has 1 aliphatic carbocycles. The third-order valence-corrected chi connectivity index (χ3v) is 8.90. The van der Waals surface area contributed by atoms with E-state index >= 15 is 0 Å². The Kier molecular flexibility index (Phi) is 6.76.